The van der Waals surface area contributed by atoms with Crippen molar-refractivity contribution in [2.24, 2.45) is 0 Å². The monoisotopic (exact) mass is 1430 g/mol. The molecule has 8 nitrogen and oxygen atoms in total. The molecule has 0 saturated carbocycles. The fourth-order valence-corrected chi connectivity index (χ4v) is 17.9. The third kappa shape index (κ3) is 9.68. The average molecular weight is 1430 g/mol. The molecule has 0 N–H and O–H groups in total. The first-order valence-corrected chi connectivity index (χ1v) is 38.0. The molecule has 112 heavy (non-hydrogen) atoms. The number of furan rings is 3. The molecule has 0 amide bonds. The van der Waals surface area contributed by atoms with Gasteiger partial charge in [-0.3, -0.25) is 0 Å². The molecule has 0 aliphatic carbocycles. The van der Waals surface area contributed by atoms with E-state index in [2.05, 4.69) is 347 Å². The van der Waals surface area contributed by atoms with Gasteiger partial charge in [0.05, 0.1) is 44.3 Å². The lowest BCUT2D eigenvalue weighted by atomic mass is 9.98. The highest BCUT2D eigenvalue weighted by Crippen LogP contribution is 2.44. The number of rotatable bonds is 10. The summed E-state index contributed by atoms with van der Waals surface area (Å²) in [5, 5.41) is 14.9. The number of fused-ring (bicyclic) bond motifs is 19. The summed E-state index contributed by atoms with van der Waals surface area (Å²) in [5.41, 5.74) is 30.4. The van der Waals surface area contributed by atoms with Crippen LogP contribution in [0.5, 0.6) is 0 Å². The van der Waals surface area contributed by atoms with E-state index in [0.29, 0.717) is 5.82 Å². The van der Waals surface area contributed by atoms with Gasteiger partial charge in [-0.25, -0.2) is 9.97 Å². The minimum absolute atomic E-state index is 0.650. The zero-order chi connectivity index (χ0) is 73.2. The molecule has 17 aromatic carbocycles. The molecule has 7 aromatic heterocycles. The van der Waals surface area contributed by atoms with E-state index in [9.17, 15) is 0 Å². The quantitative estimate of drug-likeness (QED) is 0.136. The van der Waals surface area contributed by atoms with Crippen molar-refractivity contribution in [1.82, 2.24) is 23.7 Å². The van der Waals surface area contributed by atoms with Gasteiger partial charge in [-0.1, -0.05) is 200 Å². The molecule has 0 atom stereocenters. The standard InChI is InChI=1S/C104H61N5O3/c1-7-19-91-77(13-1)83-55-68(71-39-52-100-86(58-71)80-16-4-10-22-97(80)110-100)36-49-94(83)107(91)74-42-29-63(30-43-74)62-25-27-65(28-26-62)103-89-61-67(64-31-44-75(45-32-64)108-92-20-8-2-14-78(92)84-56-69(37-50-95(84)108)72-40-53-101-87(59-72)81-17-5-11-23-98(81)111-101)35-48-90(89)105-104(106-103)66-33-46-76(47-34-66)109-93-21-9-3-15-79(93)85-57-70(38-51-96(85)109)73-41-54-102-88(60-73)82-18-6-12-24-99(82)112-102/h1-61H. The van der Waals surface area contributed by atoms with Gasteiger partial charge in [0.15, 0.2) is 5.82 Å². The zero-order valence-electron chi connectivity index (χ0n) is 60.2. The topological polar surface area (TPSA) is 80.0 Å². The highest BCUT2D eigenvalue weighted by Gasteiger charge is 2.22. The Morgan fingerprint density at radius 1 is 0.170 bits per heavy atom. The van der Waals surface area contributed by atoms with Gasteiger partial charge in [0, 0.05) is 98.2 Å². The predicted molar refractivity (Wildman–Crippen MR) is 462 cm³/mol. The smallest absolute Gasteiger partial charge is 0.160 e. The molecule has 0 spiro atoms. The maximum absolute atomic E-state index is 6.22. The number of benzene rings is 17. The van der Waals surface area contributed by atoms with Crippen molar-refractivity contribution in [3.63, 3.8) is 0 Å². The maximum Gasteiger partial charge on any atom is 0.160 e. The van der Waals surface area contributed by atoms with Gasteiger partial charge < -0.3 is 27.0 Å². The number of hydrogen-bond donors (Lipinski definition) is 0. The van der Waals surface area contributed by atoms with E-state index in [1.165, 1.54) is 32.3 Å². The third-order valence-electron chi connectivity index (χ3n) is 23.3. The molecule has 24 aromatic rings. The summed E-state index contributed by atoms with van der Waals surface area (Å²) >= 11 is 0. The first-order chi connectivity index (χ1) is 55.4. The molecule has 0 aliphatic rings. The molecule has 0 aliphatic heterocycles. The molecule has 24 rings (SSSR count). The Bertz CT molecular complexity index is 8050. The summed E-state index contributed by atoms with van der Waals surface area (Å²) in [7, 11) is 0. The molecule has 0 fully saturated rings. The van der Waals surface area contributed by atoms with Crippen molar-refractivity contribution in [3.8, 4) is 95.3 Å². The average Bonchev–Trinajstić information content (AvgIpc) is 1.57. The summed E-state index contributed by atoms with van der Waals surface area (Å²) in [6, 6.07) is 133. The van der Waals surface area contributed by atoms with Gasteiger partial charge in [-0.15, -0.1) is 0 Å². The van der Waals surface area contributed by atoms with Crippen LogP contribution in [0.15, 0.2) is 383 Å². The molecule has 520 valence electrons. The van der Waals surface area contributed by atoms with Crippen LogP contribution in [0.2, 0.25) is 0 Å². The molecule has 0 saturated heterocycles. The van der Waals surface area contributed by atoms with Crippen molar-refractivity contribution in [2.75, 3.05) is 0 Å². The minimum Gasteiger partial charge on any atom is -0.456 e. The normalized spacial score (nSPS) is 12.1. The number of para-hydroxylation sites is 6. The Hall–Kier alpha value is -15.1. The second-order valence-corrected chi connectivity index (χ2v) is 29.5. The van der Waals surface area contributed by atoms with E-state index >= 15 is 0 Å². The number of hydrogen-bond acceptors (Lipinski definition) is 5. The van der Waals surface area contributed by atoms with Gasteiger partial charge in [0.2, 0.25) is 0 Å². The second kappa shape index (κ2) is 24.2. The zero-order valence-corrected chi connectivity index (χ0v) is 60.2. The van der Waals surface area contributed by atoms with E-state index in [-0.39, 0.29) is 0 Å². The van der Waals surface area contributed by atoms with Crippen molar-refractivity contribution in [2.45, 2.75) is 0 Å². The maximum atomic E-state index is 6.22. The lowest BCUT2D eigenvalue weighted by Crippen LogP contribution is -1.97. The van der Waals surface area contributed by atoms with Crippen LogP contribution in [-0.2, 0) is 0 Å². The Morgan fingerprint density at radius 3 is 0.821 bits per heavy atom. The van der Waals surface area contributed by atoms with Crippen LogP contribution in [0.25, 0.3) is 237 Å². The van der Waals surface area contributed by atoms with E-state index in [0.717, 1.165) is 199 Å². The third-order valence-corrected chi connectivity index (χ3v) is 23.3. The van der Waals surface area contributed by atoms with Gasteiger partial charge >= 0.3 is 0 Å². The Kier molecular flexibility index (Phi) is 13.4. The largest absolute Gasteiger partial charge is 0.456 e. The Morgan fingerprint density at radius 2 is 0.429 bits per heavy atom. The van der Waals surface area contributed by atoms with Gasteiger partial charge in [0.25, 0.3) is 0 Å². The molecule has 7 heterocycles. The fraction of sp³-hybridized carbons (Fsp3) is 0. The van der Waals surface area contributed by atoms with E-state index < -0.39 is 0 Å². The highest BCUT2D eigenvalue weighted by molar-refractivity contribution is 6.15. The summed E-state index contributed by atoms with van der Waals surface area (Å²) in [5.74, 6) is 0.650. The van der Waals surface area contributed by atoms with Crippen molar-refractivity contribution in [1.29, 1.82) is 0 Å². The van der Waals surface area contributed by atoms with Gasteiger partial charge in [-0.2, -0.15) is 0 Å². The first-order valence-electron chi connectivity index (χ1n) is 38.0. The van der Waals surface area contributed by atoms with Crippen LogP contribution in [0.4, 0.5) is 0 Å². The van der Waals surface area contributed by atoms with Crippen LogP contribution >= 0.6 is 0 Å². The van der Waals surface area contributed by atoms with E-state index in [1.54, 1.807) is 0 Å². The predicted octanol–water partition coefficient (Wildman–Crippen LogP) is 28.3. The molecular weight excluding hydrogens is 1370 g/mol. The first kappa shape index (κ1) is 62.0. The summed E-state index contributed by atoms with van der Waals surface area (Å²) in [6.07, 6.45) is 0. The van der Waals surface area contributed by atoms with E-state index in [4.69, 9.17) is 23.2 Å². The summed E-state index contributed by atoms with van der Waals surface area (Å²) in [4.78, 5) is 11.0. The SMILES string of the molecule is c1ccc2c(c1)oc1ccc(-c3ccc4c(c3)c3ccccc3n4-c3ccc(-c4ccc(-c5nc(-c6ccc(-n7c8ccccc8c8cc(-c9ccc%10oc%11ccccc%11c%10c9)ccc87)cc6)nc6ccc(-c7ccc(-n8c9ccccc9c9cc(-c%10ccc%11oc%12ccccc%12c%11c%10)ccc98)cc7)cc56)cc4)cc3)cc12. The lowest BCUT2D eigenvalue weighted by molar-refractivity contribution is 0.668. The van der Waals surface area contributed by atoms with Crippen LogP contribution in [-0.4, -0.2) is 23.7 Å². The fourth-order valence-electron chi connectivity index (χ4n) is 17.9. The molecule has 8 heteroatoms. The van der Waals surface area contributed by atoms with Crippen molar-refractivity contribution in [3.05, 3.63) is 370 Å². The van der Waals surface area contributed by atoms with Crippen LogP contribution in [0, 0.1) is 0 Å². The summed E-state index contributed by atoms with van der Waals surface area (Å²) in [6.45, 7) is 0. The Balaban J connectivity index is 0.581. The minimum atomic E-state index is 0.650. The molecular formula is C104H61N5O3. The lowest BCUT2D eigenvalue weighted by Gasteiger charge is -2.14. The van der Waals surface area contributed by atoms with E-state index in [1.807, 2.05) is 36.4 Å². The van der Waals surface area contributed by atoms with Gasteiger partial charge in [0.1, 0.15) is 33.5 Å². The number of aromatic nitrogens is 5. The van der Waals surface area contributed by atoms with Crippen molar-refractivity contribution < 1.29 is 13.3 Å². The van der Waals surface area contributed by atoms with Gasteiger partial charge in [-0.05, 0) is 225 Å². The molecule has 0 unspecified atom stereocenters. The summed E-state index contributed by atoms with van der Waals surface area (Å²) < 4.78 is 25.8. The Labute approximate surface area is 640 Å². The number of nitrogens with zero attached hydrogens (tertiary/aromatic N) is 5. The molecule has 0 bridgehead atoms. The molecule has 0 radical (unpaired) electrons. The van der Waals surface area contributed by atoms with Crippen molar-refractivity contribution >= 4 is 142 Å². The second-order valence-electron chi connectivity index (χ2n) is 29.5. The highest BCUT2D eigenvalue weighted by atomic mass is 16.3. The van der Waals surface area contributed by atoms with Crippen LogP contribution in [0.3, 0.4) is 0 Å². The van der Waals surface area contributed by atoms with Crippen LogP contribution in [0.1, 0.15) is 0 Å². The van der Waals surface area contributed by atoms with Crippen LogP contribution < -0.4 is 0 Å².